The van der Waals surface area contributed by atoms with Gasteiger partial charge in [0.15, 0.2) is 5.13 Å². The number of hydrogen-bond acceptors (Lipinski definition) is 3. The van der Waals surface area contributed by atoms with E-state index >= 15 is 0 Å². The molecule has 0 aliphatic carbocycles. The molecule has 0 unspecified atom stereocenters. The zero-order valence-electron chi connectivity index (χ0n) is 11.5. The van der Waals surface area contributed by atoms with Crippen molar-refractivity contribution in [3.05, 3.63) is 71.2 Å². The predicted octanol–water partition coefficient (Wildman–Crippen LogP) is 4.37. The van der Waals surface area contributed by atoms with Gasteiger partial charge < -0.3 is 0 Å². The molecule has 3 rings (SSSR count). The minimum atomic E-state index is -0.135. The van der Waals surface area contributed by atoms with E-state index in [2.05, 4.69) is 10.3 Å². The van der Waals surface area contributed by atoms with E-state index in [0.717, 1.165) is 16.0 Å². The Hall–Kier alpha value is -2.46. The van der Waals surface area contributed by atoms with E-state index in [1.54, 1.807) is 6.20 Å². The zero-order chi connectivity index (χ0) is 14.7. The summed E-state index contributed by atoms with van der Waals surface area (Å²) in [5.74, 6) is -0.135. The van der Waals surface area contributed by atoms with Gasteiger partial charge in [0.1, 0.15) is 0 Å². The van der Waals surface area contributed by atoms with Crippen LogP contribution >= 0.6 is 11.3 Å². The monoisotopic (exact) mass is 294 g/mol. The fourth-order valence-electron chi connectivity index (χ4n) is 2.03. The Morgan fingerprint density at radius 3 is 2.29 bits per heavy atom. The van der Waals surface area contributed by atoms with Crippen molar-refractivity contribution in [2.45, 2.75) is 6.92 Å². The first-order valence-corrected chi connectivity index (χ1v) is 7.43. The molecule has 0 atom stereocenters. The summed E-state index contributed by atoms with van der Waals surface area (Å²) in [6, 6.07) is 17.7. The predicted molar refractivity (Wildman–Crippen MR) is 86.7 cm³/mol. The van der Waals surface area contributed by atoms with Crippen molar-refractivity contribution in [3.8, 4) is 11.1 Å². The molecule has 0 radical (unpaired) electrons. The van der Waals surface area contributed by atoms with Gasteiger partial charge in [0, 0.05) is 16.6 Å². The number of hydrogen-bond donors (Lipinski definition) is 1. The lowest BCUT2D eigenvalue weighted by molar-refractivity contribution is 0.102. The lowest BCUT2D eigenvalue weighted by atomic mass is 10.0. The molecule has 1 aromatic heterocycles. The van der Waals surface area contributed by atoms with Crippen LogP contribution in [0.2, 0.25) is 0 Å². The van der Waals surface area contributed by atoms with Crippen LogP contribution in [0.3, 0.4) is 0 Å². The second kappa shape index (κ2) is 5.89. The summed E-state index contributed by atoms with van der Waals surface area (Å²) in [6.45, 7) is 1.96. The highest BCUT2D eigenvalue weighted by Crippen LogP contribution is 2.21. The van der Waals surface area contributed by atoms with E-state index < -0.39 is 0 Å². The minimum absolute atomic E-state index is 0.135. The molecule has 0 spiro atoms. The summed E-state index contributed by atoms with van der Waals surface area (Å²) >= 11 is 1.47. The van der Waals surface area contributed by atoms with Gasteiger partial charge in [0.2, 0.25) is 0 Å². The molecule has 4 heteroatoms. The van der Waals surface area contributed by atoms with Gasteiger partial charge in [-0.3, -0.25) is 10.1 Å². The third-order valence-corrected chi connectivity index (χ3v) is 3.92. The van der Waals surface area contributed by atoms with Crippen molar-refractivity contribution in [1.29, 1.82) is 0 Å². The lowest BCUT2D eigenvalue weighted by Crippen LogP contribution is -2.11. The highest BCUT2D eigenvalue weighted by molar-refractivity contribution is 7.15. The molecule has 1 amide bonds. The van der Waals surface area contributed by atoms with Crippen molar-refractivity contribution >= 4 is 22.4 Å². The number of nitrogens with zero attached hydrogens (tertiary/aromatic N) is 1. The Morgan fingerprint density at radius 1 is 1.00 bits per heavy atom. The highest BCUT2D eigenvalue weighted by atomic mass is 32.1. The number of aromatic nitrogens is 1. The van der Waals surface area contributed by atoms with Gasteiger partial charge in [-0.05, 0) is 30.2 Å². The van der Waals surface area contributed by atoms with Gasteiger partial charge in [0.05, 0.1) is 0 Å². The average Bonchev–Trinajstić information content (AvgIpc) is 2.93. The largest absolute Gasteiger partial charge is 0.298 e. The molecule has 3 nitrogen and oxygen atoms in total. The third-order valence-electron chi connectivity index (χ3n) is 3.10. The maximum absolute atomic E-state index is 12.1. The molecule has 0 bridgehead atoms. The number of carbonyl (C=O) groups excluding carboxylic acids is 1. The van der Waals surface area contributed by atoms with Crippen molar-refractivity contribution in [2.75, 3.05) is 5.32 Å². The standard InChI is InChI=1S/C17H14N2OS/c1-12-11-18-17(21-12)19-16(20)15-9-7-14(8-10-15)13-5-3-2-4-6-13/h2-11H,1H3,(H,18,19,20). The van der Waals surface area contributed by atoms with Gasteiger partial charge in [-0.25, -0.2) is 4.98 Å². The maximum atomic E-state index is 12.1. The molecule has 1 N–H and O–H groups in total. The van der Waals surface area contributed by atoms with E-state index in [1.165, 1.54) is 11.3 Å². The highest BCUT2D eigenvalue weighted by Gasteiger charge is 2.08. The van der Waals surface area contributed by atoms with Gasteiger partial charge in [-0.15, -0.1) is 11.3 Å². The number of aryl methyl sites for hydroxylation is 1. The van der Waals surface area contributed by atoms with Crippen LogP contribution in [0.25, 0.3) is 11.1 Å². The van der Waals surface area contributed by atoms with Crippen LogP contribution in [0, 0.1) is 6.92 Å². The van der Waals surface area contributed by atoms with Gasteiger partial charge in [-0.2, -0.15) is 0 Å². The van der Waals surface area contributed by atoms with Crippen molar-refractivity contribution in [2.24, 2.45) is 0 Å². The van der Waals surface area contributed by atoms with Gasteiger partial charge >= 0.3 is 0 Å². The summed E-state index contributed by atoms with van der Waals surface area (Å²) in [7, 11) is 0. The average molecular weight is 294 g/mol. The van der Waals surface area contributed by atoms with Crippen LogP contribution in [0.15, 0.2) is 60.8 Å². The van der Waals surface area contributed by atoms with E-state index in [4.69, 9.17) is 0 Å². The fraction of sp³-hybridized carbons (Fsp3) is 0.0588. The second-order valence-corrected chi connectivity index (χ2v) is 5.91. The van der Waals surface area contributed by atoms with Crippen LogP contribution in [-0.2, 0) is 0 Å². The molecule has 1 heterocycles. The molecule has 0 fully saturated rings. The number of amides is 1. The SMILES string of the molecule is Cc1cnc(NC(=O)c2ccc(-c3ccccc3)cc2)s1. The summed E-state index contributed by atoms with van der Waals surface area (Å²) in [4.78, 5) is 17.3. The molecule has 2 aromatic carbocycles. The van der Waals surface area contributed by atoms with Crippen LogP contribution in [0.1, 0.15) is 15.2 Å². The molecule has 0 saturated carbocycles. The Labute approximate surface area is 127 Å². The Balaban J connectivity index is 1.76. The number of rotatable bonds is 3. The number of thiazole rings is 1. The zero-order valence-corrected chi connectivity index (χ0v) is 12.4. The smallest absolute Gasteiger partial charge is 0.257 e. The fourth-order valence-corrected chi connectivity index (χ4v) is 2.69. The van der Waals surface area contributed by atoms with Crippen LogP contribution in [-0.4, -0.2) is 10.9 Å². The molecule has 0 aliphatic rings. The normalized spacial score (nSPS) is 10.3. The molecular weight excluding hydrogens is 280 g/mol. The van der Waals surface area contributed by atoms with Crippen molar-refractivity contribution in [3.63, 3.8) is 0 Å². The first kappa shape index (κ1) is 13.5. The summed E-state index contributed by atoms with van der Waals surface area (Å²) < 4.78 is 0. The Bertz CT molecular complexity index is 748. The molecule has 0 aliphatic heterocycles. The first-order valence-electron chi connectivity index (χ1n) is 6.61. The Morgan fingerprint density at radius 2 is 1.67 bits per heavy atom. The van der Waals surface area contributed by atoms with Crippen molar-refractivity contribution in [1.82, 2.24) is 4.98 Å². The van der Waals surface area contributed by atoms with E-state index in [9.17, 15) is 4.79 Å². The summed E-state index contributed by atoms with van der Waals surface area (Å²) in [5.41, 5.74) is 2.86. The Kier molecular flexibility index (Phi) is 3.79. The first-order chi connectivity index (χ1) is 10.2. The van der Waals surface area contributed by atoms with E-state index in [0.29, 0.717) is 10.7 Å². The molecule has 104 valence electrons. The third kappa shape index (κ3) is 3.17. The topological polar surface area (TPSA) is 42.0 Å². The van der Waals surface area contributed by atoms with Gasteiger partial charge in [-0.1, -0.05) is 42.5 Å². The van der Waals surface area contributed by atoms with Crippen LogP contribution < -0.4 is 5.32 Å². The van der Waals surface area contributed by atoms with Crippen LogP contribution in [0.4, 0.5) is 5.13 Å². The summed E-state index contributed by atoms with van der Waals surface area (Å²) in [6.07, 6.45) is 1.75. The van der Waals surface area contributed by atoms with Gasteiger partial charge in [0.25, 0.3) is 5.91 Å². The van der Waals surface area contributed by atoms with E-state index in [1.807, 2.05) is 61.5 Å². The number of anilines is 1. The quantitative estimate of drug-likeness (QED) is 0.779. The number of benzene rings is 2. The molecule has 21 heavy (non-hydrogen) atoms. The second-order valence-electron chi connectivity index (χ2n) is 4.67. The minimum Gasteiger partial charge on any atom is -0.298 e. The number of carbonyl (C=O) groups is 1. The molecular formula is C17H14N2OS. The number of nitrogens with one attached hydrogen (secondary N) is 1. The maximum Gasteiger partial charge on any atom is 0.257 e. The molecule has 3 aromatic rings. The summed E-state index contributed by atoms with van der Waals surface area (Å²) in [5, 5.41) is 3.44. The molecule has 0 saturated heterocycles. The van der Waals surface area contributed by atoms with Crippen LogP contribution in [0.5, 0.6) is 0 Å². The van der Waals surface area contributed by atoms with Crippen molar-refractivity contribution < 1.29 is 4.79 Å². The lowest BCUT2D eigenvalue weighted by Gasteiger charge is -2.04. The van der Waals surface area contributed by atoms with E-state index in [-0.39, 0.29) is 5.91 Å².